The van der Waals surface area contributed by atoms with E-state index in [0.29, 0.717) is 29.9 Å². The van der Waals surface area contributed by atoms with E-state index >= 15 is 0 Å². The van der Waals surface area contributed by atoms with Crippen LogP contribution >= 0.6 is 11.6 Å². The van der Waals surface area contributed by atoms with Gasteiger partial charge in [0.25, 0.3) is 5.91 Å². The number of nitrogens with zero attached hydrogens (tertiary/aromatic N) is 1. The second-order valence-electron chi connectivity index (χ2n) is 10.7. The Morgan fingerprint density at radius 1 is 0.842 bits per heavy atom. The molecule has 0 aliphatic carbocycles. The number of hydrogen-bond donors (Lipinski definition) is 1. The van der Waals surface area contributed by atoms with Crippen molar-refractivity contribution < 1.29 is 18.0 Å². The fraction of sp³-hybridized carbons (Fsp3) is 0.333. The number of carbonyl (C=O) groups is 2. The molecule has 1 N–H and O–H groups in total. The van der Waals surface area contributed by atoms with Crippen LogP contribution in [0.1, 0.15) is 78.3 Å². The second-order valence-corrected chi connectivity index (χ2v) is 13.0. The molecule has 0 unspecified atom stereocenters. The molecule has 6 nitrogen and oxygen atoms in total. The highest BCUT2D eigenvalue weighted by Crippen LogP contribution is 2.27. The van der Waals surface area contributed by atoms with Crippen LogP contribution in [-0.4, -0.2) is 37.5 Å². The molecule has 1 saturated heterocycles. The molecule has 0 aromatic heterocycles. The summed E-state index contributed by atoms with van der Waals surface area (Å²) < 4.78 is 27.9. The minimum absolute atomic E-state index is 0.0171. The summed E-state index contributed by atoms with van der Waals surface area (Å²) in [7, 11) is -3.74. The molecule has 38 heavy (non-hydrogen) atoms. The Kier molecular flexibility index (Phi) is 8.40. The van der Waals surface area contributed by atoms with E-state index in [9.17, 15) is 18.0 Å². The summed E-state index contributed by atoms with van der Waals surface area (Å²) >= 11 is 6.30. The molecule has 4 rings (SSSR count). The first kappa shape index (κ1) is 28.0. The van der Waals surface area contributed by atoms with Gasteiger partial charge in [0.1, 0.15) is 0 Å². The van der Waals surface area contributed by atoms with E-state index in [1.807, 2.05) is 24.3 Å². The average Bonchev–Trinajstić information content (AvgIpc) is 3.18. The third kappa shape index (κ3) is 6.34. The van der Waals surface area contributed by atoms with Crippen LogP contribution in [0.5, 0.6) is 0 Å². The quantitative estimate of drug-likeness (QED) is 0.345. The summed E-state index contributed by atoms with van der Waals surface area (Å²) in [6.07, 6.45) is 3.64. The van der Waals surface area contributed by atoms with E-state index in [0.717, 1.165) is 31.2 Å². The van der Waals surface area contributed by atoms with Crippen LogP contribution in [0.25, 0.3) is 0 Å². The third-order valence-corrected chi connectivity index (χ3v) is 9.01. The molecule has 0 spiro atoms. The van der Waals surface area contributed by atoms with Crippen molar-refractivity contribution in [3.8, 4) is 0 Å². The third-order valence-electron chi connectivity index (χ3n) is 6.78. The lowest BCUT2D eigenvalue weighted by atomic mass is 9.86. The summed E-state index contributed by atoms with van der Waals surface area (Å²) in [5.74, 6) is -0.716. The number of ketones is 1. The molecule has 1 aliphatic rings. The fourth-order valence-electron chi connectivity index (χ4n) is 4.49. The van der Waals surface area contributed by atoms with Crippen molar-refractivity contribution in [2.75, 3.05) is 18.4 Å². The van der Waals surface area contributed by atoms with Crippen LogP contribution in [0.15, 0.2) is 71.6 Å². The molecule has 3 aromatic rings. The van der Waals surface area contributed by atoms with E-state index in [1.54, 1.807) is 24.3 Å². The molecular weight excluding hydrogens is 520 g/mol. The summed E-state index contributed by atoms with van der Waals surface area (Å²) in [4.78, 5) is 26.3. The van der Waals surface area contributed by atoms with Gasteiger partial charge in [0.2, 0.25) is 10.0 Å². The van der Waals surface area contributed by atoms with E-state index in [1.165, 1.54) is 22.5 Å². The molecule has 8 heteroatoms. The van der Waals surface area contributed by atoms with Crippen molar-refractivity contribution in [1.82, 2.24) is 4.31 Å². The van der Waals surface area contributed by atoms with E-state index in [4.69, 9.17) is 11.6 Å². The lowest BCUT2D eigenvalue weighted by Gasteiger charge is -2.20. The van der Waals surface area contributed by atoms with E-state index < -0.39 is 15.9 Å². The number of sulfonamides is 1. The lowest BCUT2D eigenvalue weighted by molar-refractivity contribution is 0.102. The minimum atomic E-state index is -3.74. The first-order valence-corrected chi connectivity index (χ1v) is 14.6. The van der Waals surface area contributed by atoms with Gasteiger partial charge in [-0.3, -0.25) is 9.59 Å². The van der Waals surface area contributed by atoms with Crippen molar-refractivity contribution in [3.63, 3.8) is 0 Å². The number of nitrogens with one attached hydrogen (secondary N) is 1. The Labute approximate surface area is 230 Å². The maximum Gasteiger partial charge on any atom is 0.257 e. The van der Waals surface area contributed by atoms with Gasteiger partial charge in [0, 0.05) is 29.9 Å². The number of rotatable bonds is 6. The van der Waals surface area contributed by atoms with Gasteiger partial charge in [0.15, 0.2) is 5.78 Å². The van der Waals surface area contributed by atoms with Crippen LogP contribution in [0.3, 0.4) is 0 Å². The van der Waals surface area contributed by atoms with Crippen molar-refractivity contribution >= 4 is 39.0 Å². The van der Waals surface area contributed by atoms with E-state index in [-0.39, 0.29) is 26.7 Å². The maximum atomic E-state index is 13.2. The largest absolute Gasteiger partial charge is 0.322 e. The van der Waals surface area contributed by atoms with Gasteiger partial charge in [-0.1, -0.05) is 81.6 Å². The number of halogens is 1. The Balaban J connectivity index is 1.54. The molecule has 0 saturated carbocycles. The second kappa shape index (κ2) is 11.4. The average molecular weight is 553 g/mol. The Morgan fingerprint density at radius 3 is 2.13 bits per heavy atom. The van der Waals surface area contributed by atoms with Gasteiger partial charge in [-0.2, -0.15) is 4.31 Å². The fourth-order valence-corrected chi connectivity index (χ4v) is 6.24. The van der Waals surface area contributed by atoms with Gasteiger partial charge in [-0.25, -0.2) is 8.42 Å². The highest BCUT2D eigenvalue weighted by Gasteiger charge is 2.27. The molecule has 0 bridgehead atoms. The standard InChI is InChI=1S/C30H33ClN2O4S/c1-30(2,3)23-13-11-21(12-14-23)28(34)22-9-8-10-24(19-22)32-29(35)26-20-25(15-16-27(26)31)38(36,37)33-17-6-4-5-7-18-33/h8-16,19-20H,4-7,17-18H2,1-3H3,(H,32,35). The zero-order chi connectivity index (χ0) is 27.5. The molecule has 1 aliphatic heterocycles. The van der Waals surface area contributed by atoms with Crippen LogP contribution in [0.4, 0.5) is 5.69 Å². The maximum absolute atomic E-state index is 13.2. The zero-order valence-electron chi connectivity index (χ0n) is 22.0. The van der Waals surface area contributed by atoms with Gasteiger partial charge in [-0.15, -0.1) is 0 Å². The minimum Gasteiger partial charge on any atom is -0.322 e. The number of amides is 1. The molecule has 1 fully saturated rings. The van der Waals surface area contributed by atoms with Gasteiger partial charge in [0.05, 0.1) is 15.5 Å². The first-order valence-electron chi connectivity index (χ1n) is 12.8. The highest BCUT2D eigenvalue weighted by molar-refractivity contribution is 7.89. The molecule has 200 valence electrons. The molecule has 1 heterocycles. The first-order chi connectivity index (χ1) is 18.0. The Bertz CT molecular complexity index is 1440. The van der Waals surface area contributed by atoms with Crippen LogP contribution in [0.2, 0.25) is 5.02 Å². The number of carbonyl (C=O) groups excluding carboxylic acids is 2. The summed E-state index contributed by atoms with van der Waals surface area (Å²) in [5.41, 5.74) is 2.55. The molecule has 3 aromatic carbocycles. The smallest absolute Gasteiger partial charge is 0.257 e. The predicted molar refractivity (Wildman–Crippen MR) is 152 cm³/mol. The predicted octanol–water partition coefficient (Wildman–Crippen LogP) is 6.69. The molecule has 0 radical (unpaired) electrons. The number of benzene rings is 3. The SMILES string of the molecule is CC(C)(C)c1ccc(C(=O)c2cccc(NC(=O)c3cc(S(=O)(=O)N4CCCCCC4)ccc3Cl)c2)cc1. The normalized spacial score (nSPS) is 15.1. The van der Waals surface area contributed by atoms with Crippen molar-refractivity contribution in [3.05, 3.63) is 94.0 Å². The van der Waals surface area contributed by atoms with Crippen LogP contribution in [-0.2, 0) is 15.4 Å². The van der Waals surface area contributed by atoms with Crippen LogP contribution < -0.4 is 5.32 Å². The van der Waals surface area contributed by atoms with E-state index in [2.05, 4.69) is 26.1 Å². The summed E-state index contributed by atoms with van der Waals surface area (Å²) in [6.45, 7) is 7.27. The summed E-state index contributed by atoms with van der Waals surface area (Å²) in [5, 5.41) is 2.90. The van der Waals surface area contributed by atoms with Crippen molar-refractivity contribution in [2.24, 2.45) is 0 Å². The molecule has 1 amide bonds. The highest BCUT2D eigenvalue weighted by atomic mass is 35.5. The van der Waals surface area contributed by atoms with Crippen molar-refractivity contribution in [1.29, 1.82) is 0 Å². The van der Waals surface area contributed by atoms with Gasteiger partial charge in [-0.05, 0) is 54.2 Å². The monoisotopic (exact) mass is 552 g/mol. The van der Waals surface area contributed by atoms with Gasteiger partial charge < -0.3 is 5.32 Å². The molecular formula is C30H33ClN2O4S. The van der Waals surface area contributed by atoms with Crippen molar-refractivity contribution in [2.45, 2.75) is 56.8 Å². The topological polar surface area (TPSA) is 83.5 Å². The number of hydrogen-bond acceptors (Lipinski definition) is 4. The van der Waals surface area contributed by atoms with Crippen LogP contribution in [0, 0.1) is 0 Å². The zero-order valence-corrected chi connectivity index (χ0v) is 23.5. The lowest BCUT2D eigenvalue weighted by Crippen LogP contribution is -2.32. The Morgan fingerprint density at radius 2 is 1.50 bits per heavy atom. The molecule has 0 atom stereocenters. The number of anilines is 1. The van der Waals surface area contributed by atoms with Gasteiger partial charge >= 0.3 is 0 Å². The summed E-state index contributed by atoms with van der Waals surface area (Å²) in [6, 6.07) is 18.4. The Hall–Kier alpha value is -3.00.